The van der Waals surface area contributed by atoms with Crippen LogP contribution in [0.5, 0.6) is 0 Å². The minimum atomic E-state index is -4.27. The molecule has 0 atom stereocenters. The van der Waals surface area contributed by atoms with Crippen LogP contribution in [0.4, 0.5) is 4.39 Å². The number of pyridine rings is 1. The van der Waals surface area contributed by atoms with Crippen molar-refractivity contribution in [2.45, 2.75) is 77.8 Å². The number of aromatic nitrogens is 3. The first-order chi connectivity index (χ1) is 23.3. The first-order valence-corrected chi connectivity index (χ1v) is 17.9. The highest BCUT2D eigenvalue weighted by atomic mass is 32.2. The van der Waals surface area contributed by atoms with E-state index in [1.807, 2.05) is 37.3 Å². The molecule has 0 aliphatic rings. The second kappa shape index (κ2) is 14.7. The van der Waals surface area contributed by atoms with Gasteiger partial charge in [-0.1, -0.05) is 94.8 Å². The van der Waals surface area contributed by atoms with E-state index in [4.69, 9.17) is 4.98 Å². The fourth-order valence-electron chi connectivity index (χ4n) is 5.55. The third-order valence-corrected chi connectivity index (χ3v) is 9.89. The Kier molecular flexibility index (Phi) is 10.6. The Bertz CT molecular complexity index is 2170. The minimum Gasteiger partial charge on any atom is -0.319 e. The van der Waals surface area contributed by atoms with Gasteiger partial charge < -0.3 is 9.13 Å². The number of imidazole rings is 1. The van der Waals surface area contributed by atoms with E-state index in [1.165, 1.54) is 16.7 Å². The van der Waals surface area contributed by atoms with E-state index in [2.05, 4.69) is 4.72 Å². The van der Waals surface area contributed by atoms with Crippen molar-refractivity contribution in [1.29, 1.82) is 0 Å². The number of hydrogen-bond donors (Lipinski definition) is 1. The van der Waals surface area contributed by atoms with Gasteiger partial charge in [-0.2, -0.15) is 0 Å². The molecule has 3 aromatic carbocycles. The molecule has 1 amide bonds. The van der Waals surface area contributed by atoms with Crippen molar-refractivity contribution in [1.82, 2.24) is 18.8 Å². The fourth-order valence-corrected chi connectivity index (χ4v) is 6.79. The summed E-state index contributed by atoms with van der Waals surface area (Å²) in [6, 6.07) is 21.6. The average molecular weight is 685 g/mol. The number of nitrogens with one attached hydrogen (secondary N) is 1. The average Bonchev–Trinajstić information content (AvgIpc) is 3.42. The van der Waals surface area contributed by atoms with Crippen LogP contribution < -0.4 is 10.3 Å². The fraction of sp³-hybridized carbons (Fsp3) is 0.316. The van der Waals surface area contributed by atoms with Gasteiger partial charge in [-0.25, -0.2) is 22.5 Å². The number of fused-ring (bicyclic) bond motifs is 1. The van der Waals surface area contributed by atoms with Crippen molar-refractivity contribution in [3.63, 3.8) is 0 Å². The van der Waals surface area contributed by atoms with E-state index < -0.39 is 27.2 Å². The van der Waals surface area contributed by atoms with Crippen LogP contribution in [-0.4, -0.2) is 34.2 Å². The van der Waals surface area contributed by atoms with Gasteiger partial charge in [0.05, 0.1) is 23.5 Å². The molecule has 9 nitrogen and oxygen atoms in total. The predicted octanol–water partition coefficient (Wildman–Crippen LogP) is 6.45. The van der Waals surface area contributed by atoms with Crippen LogP contribution in [0.1, 0.15) is 63.9 Å². The van der Waals surface area contributed by atoms with Crippen LogP contribution in [0.3, 0.4) is 0 Å². The Morgan fingerprint density at radius 1 is 0.939 bits per heavy atom. The number of nitrogens with zero attached hydrogens (tertiary/aromatic N) is 3. The lowest BCUT2D eigenvalue weighted by molar-refractivity contribution is -0.127. The number of rotatable bonds is 13. The highest BCUT2D eigenvalue weighted by Crippen LogP contribution is 2.29. The zero-order valence-electron chi connectivity index (χ0n) is 28.2. The van der Waals surface area contributed by atoms with Crippen molar-refractivity contribution >= 4 is 32.7 Å². The Hall–Kier alpha value is -4.90. The summed E-state index contributed by atoms with van der Waals surface area (Å²) in [5.74, 6) is -0.703. The molecule has 0 bridgehead atoms. The molecule has 0 radical (unpaired) electrons. The number of benzene rings is 3. The molecule has 11 heteroatoms. The van der Waals surface area contributed by atoms with Crippen LogP contribution in [0.25, 0.3) is 22.2 Å². The number of ketones is 1. The molecular weight excluding hydrogens is 644 g/mol. The van der Waals surface area contributed by atoms with Crippen molar-refractivity contribution in [3.05, 3.63) is 118 Å². The summed E-state index contributed by atoms with van der Waals surface area (Å²) >= 11 is 0. The number of unbranched alkanes of at least 4 members (excludes halogenated alkanes) is 1. The molecule has 5 rings (SSSR count). The molecule has 1 N–H and O–H groups in total. The molecule has 0 saturated carbocycles. The van der Waals surface area contributed by atoms with Crippen LogP contribution in [0.2, 0.25) is 0 Å². The Morgan fingerprint density at radius 3 is 2.35 bits per heavy atom. The first-order valence-electron chi connectivity index (χ1n) is 16.4. The SMILES string of the molecule is CCCCc1nc2ccn(CC(=O)C(C)(C)C)c(=O)c2n1Cc1ccc(-c2ccccc2S(=O)(=O)NC(=O)CCc2ccccc2)cc1F. The standard InChI is InChI=1S/C38H41FN4O5S/c1-5-6-16-34-40-31-21-22-42(25-33(44)38(2,3)4)37(46)36(31)43(34)24-28-19-18-27(23-30(28)39)29-14-10-11-15-32(29)49(47,48)41-35(45)20-17-26-12-8-7-9-13-26/h7-15,18-19,21-23H,5-6,16-17,20,24-25H2,1-4H3,(H,41,45). The quantitative estimate of drug-likeness (QED) is 0.152. The van der Waals surface area contributed by atoms with Gasteiger partial charge in [-0.05, 0) is 42.2 Å². The van der Waals surface area contributed by atoms with Gasteiger partial charge in [0.1, 0.15) is 17.2 Å². The number of amides is 1. The van der Waals surface area contributed by atoms with Crippen LogP contribution in [0.15, 0.2) is 94.7 Å². The molecule has 5 aromatic rings. The molecule has 2 aromatic heterocycles. The monoisotopic (exact) mass is 684 g/mol. The van der Waals surface area contributed by atoms with Gasteiger partial charge in [0.15, 0.2) is 5.78 Å². The van der Waals surface area contributed by atoms with Gasteiger partial charge in [-0.3, -0.25) is 14.4 Å². The number of halogens is 1. The maximum Gasteiger partial charge on any atom is 0.277 e. The number of carbonyl (C=O) groups excluding carboxylic acids is 2. The summed E-state index contributed by atoms with van der Waals surface area (Å²) in [7, 11) is -4.27. The molecular formula is C38H41FN4O5S. The number of carbonyl (C=O) groups is 2. The molecule has 49 heavy (non-hydrogen) atoms. The number of hydrogen-bond acceptors (Lipinski definition) is 6. The van der Waals surface area contributed by atoms with Crippen molar-refractivity contribution in [2.24, 2.45) is 5.41 Å². The molecule has 0 unspecified atom stereocenters. The first kappa shape index (κ1) is 35.4. The van der Waals surface area contributed by atoms with E-state index in [0.717, 1.165) is 18.4 Å². The number of Topliss-reactive ketones (excluding diaryl/α,β-unsaturated/α-hetero) is 1. The number of sulfonamides is 1. The van der Waals surface area contributed by atoms with Gasteiger partial charge >= 0.3 is 0 Å². The Labute approximate surface area is 285 Å². The van der Waals surface area contributed by atoms with Gasteiger partial charge in [0.2, 0.25) is 5.91 Å². The Balaban J connectivity index is 1.44. The summed E-state index contributed by atoms with van der Waals surface area (Å²) < 4.78 is 47.9. The van der Waals surface area contributed by atoms with Gasteiger partial charge in [-0.15, -0.1) is 0 Å². The van der Waals surface area contributed by atoms with E-state index in [-0.39, 0.29) is 46.9 Å². The molecule has 0 aliphatic carbocycles. The normalized spacial score (nSPS) is 11.9. The van der Waals surface area contributed by atoms with Crippen molar-refractivity contribution in [3.8, 4) is 11.1 Å². The predicted molar refractivity (Wildman–Crippen MR) is 188 cm³/mol. The van der Waals surface area contributed by atoms with E-state index in [0.29, 0.717) is 35.3 Å². The van der Waals surface area contributed by atoms with Crippen LogP contribution in [-0.2, 0) is 45.5 Å². The lowest BCUT2D eigenvalue weighted by Crippen LogP contribution is -2.31. The molecule has 0 spiro atoms. The lowest BCUT2D eigenvalue weighted by Gasteiger charge is -2.17. The van der Waals surface area contributed by atoms with E-state index in [9.17, 15) is 22.8 Å². The Morgan fingerprint density at radius 2 is 1.65 bits per heavy atom. The summed E-state index contributed by atoms with van der Waals surface area (Å²) in [5.41, 5.74) is 1.48. The van der Waals surface area contributed by atoms with Crippen molar-refractivity contribution < 1.29 is 22.4 Å². The number of aryl methyl sites for hydroxylation is 2. The highest BCUT2D eigenvalue weighted by molar-refractivity contribution is 7.90. The van der Waals surface area contributed by atoms with Gasteiger partial charge in [0.25, 0.3) is 15.6 Å². The topological polar surface area (TPSA) is 120 Å². The molecule has 0 saturated heterocycles. The molecule has 0 aliphatic heterocycles. The van der Waals surface area contributed by atoms with E-state index in [1.54, 1.807) is 67.9 Å². The van der Waals surface area contributed by atoms with E-state index >= 15 is 4.39 Å². The molecule has 2 heterocycles. The lowest BCUT2D eigenvalue weighted by atomic mass is 9.91. The summed E-state index contributed by atoms with van der Waals surface area (Å²) in [5, 5.41) is 0. The second-order valence-electron chi connectivity index (χ2n) is 13.2. The van der Waals surface area contributed by atoms with Crippen LogP contribution in [0, 0.1) is 11.2 Å². The smallest absolute Gasteiger partial charge is 0.277 e. The molecule has 0 fully saturated rings. The van der Waals surface area contributed by atoms with Crippen molar-refractivity contribution in [2.75, 3.05) is 0 Å². The maximum atomic E-state index is 15.9. The van der Waals surface area contributed by atoms with Crippen LogP contribution >= 0.6 is 0 Å². The highest BCUT2D eigenvalue weighted by Gasteiger charge is 2.25. The largest absolute Gasteiger partial charge is 0.319 e. The summed E-state index contributed by atoms with van der Waals surface area (Å²) in [4.78, 5) is 43.7. The third kappa shape index (κ3) is 8.22. The zero-order chi connectivity index (χ0) is 35.3. The minimum absolute atomic E-state index is 0.00550. The summed E-state index contributed by atoms with van der Waals surface area (Å²) in [6.07, 6.45) is 4.22. The maximum absolute atomic E-state index is 15.9. The second-order valence-corrected chi connectivity index (χ2v) is 14.8. The molecule has 256 valence electrons. The summed E-state index contributed by atoms with van der Waals surface area (Å²) in [6.45, 7) is 7.36. The third-order valence-electron chi connectivity index (χ3n) is 8.45. The zero-order valence-corrected chi connectivity index (χ0v) is 29.0. The van der Waals surface area contributed by atoms with Gasteiger partial charge in [0, 0.05) is 35.6 Å².